The molecule has 2 saturated heterocycles. The first kappa shape index (κ1) is 16.4. The van der Waals surface area contributed by atoms with Crippen LogP contribution >= 0.6 is 0 Å². The summed E-state index contributed by atoms with van der Waals surface area (Å²) in [6, 6.07) is 10.5. The average molecular weight is 318 g/mol. The van der Waals surface area contributed by atoms with E-state index >= 15 is 0 Å². The maximum atomic E-state index is 12.3. The van der Waals surface area contributed by atoms with E-state index in [1.807, 2.05) is 6.07 Å². The van der Waals surface area contributed by atoms with Gasteiger partial charge in [-0.05, 0) is 18.4 Å². The molecule has 23 heavy (non-hydrogen) atoms. The molecule has 0 spiro atoms. The number of benzene rings is 1. The van der Waals surface area contributed by atoms with Crippen LogP contribution in [0.1, 0.15) is 18.4 Å². The Labute approximate surface area is 137 Å². The van der Waals surface area contributed by atoms with Crippen molar-refractivity contribution >= 4 is 5.91 Å². The van der Waals surface area contributed by atoms with Crippen molar-refractivity contribution in [3.05, 3.63) is 35.9 Å². The third kappa shape index (κ3) is 4.31. The van der Waals surface area contributed by atoms with Gasteiger partial charge in [0.1, 0.15) is 0 Å². The molecule has 1 amide bonds. The number of hydrogen-bond acceptors (Lipinski definition) is 4. The van der Waals surface area contributed by atoms with Gasteiger partial charge in [-0.25, -0.2) is 0 Å². The van der Waals surface area contributed by atoms with Crippen LogP contribution in [0.4, 0.5) is 0 Å². The number of hydrogen-bond donors (Lipinski definition) is 1. The van der Waals surface area contributed by atoms with E-state index in [2.05, 4.69) is 34.5 Å². The van der Waals surface area contributed by atoms with Crippen molar-refractivity contribution in [1.29, 1.82) is 0 Å². The van der Waals surface area contributed by atoms with Crippen molar-refractivity contribution in [2.45, 2.75) is 18.3 Å². The SMILES string of the molecule is O=C(CN1CCOCC1)NCC1(c2ccccc2)CCOCC1. The number of nitrogens with zero attached hydrogens (tertiary/aromatic N) is 1. The molecule has 0 aliphatic carbocycles. The van der Waals surface area contributed by atoms with E-state index in [9.17, 15) is 4.79 Å². The normalized spacial score (nSPS) is 21.7. The minimum absolute atomic E-state index is 0.000178. The van der Waals surface area contributed by atoms with Gasteiger partial charge >= 0.3 is 0 Å². The Bertz CT molecular complexity index is 494. The summed E-state index contributed by atoms with van der Waals surface area (Å²) in [5, 5.41) is 3.16. The Morgan fingerprint density at radius 3 is 2.39 bits per heavy atom. The zero-order chi connectivity index (χ0) is 16.0. The number of ether oxygens (including phenoxy) is 2. The van der Waals surface area contributed by atoms with Crippen LogP contribution in [0.15, 0.2) is 30.3 Å². The lowest BCUT2D eigenvalue weighted by Gasteiger charge is -2.38. The monoisotopic (exact) mass is 318 g/mol. The summed E-state index contributed by atoms with van der Waals surface area (Å²) in [7, 11) is 0. The summed E-state index contributed by atoms with van der Waals surface area (Å²) in [6.07, 6.45) is 1.91. The third-order valence-corrected chi connectivity index (χ3v) is 4.93. The second kappa shape index (κ2) is 7.90. The average Bonchev–Trinajstić information content (AvgIpc) is 2.62. The van der Waals surface area contributed by atoms with Gasteiger partial charge in [0, 0.05) is 38.3 Å². The summed E-state index contributed by atoms with van der Waals surface area (Å²) in [6.45, 7) is 5.78. The number of carbonyl (C=O) groups is 1. The van der Waals surface area contributed by atoms with E-state index in [4.69, 9.17) is 9.47 Å². The van der Waals surface area contributed by atoms with Crippen LogP contribution in [-0.4, -0.2) is 63.4 Å². The van der Waals surface area contributed by atoms with Gasteiger partial charge in [0.25, 0.3) is 0 Å². The lowest BCUT2D eigenvalue weighted by molar-refractivity contribution is -0.123. The second-order valence-corrected chi connectivity index (χ2v) is 6.42. The summed E-state index contributed by atoms with van der Waals surface area (Å²) in [5.74, 6) is 0.105. The topological polar surface area (TPSA) is 50.8 Å². The molecule has 0 saturated carbocycles. The summed E-state index contributed by atoms with van der Waals surface area (Å²) in [4.78, 5) is 14.5. The lowest BCUT2D eigenvalue weighted by Crippen LogP contribution is -2.48. The molecule has 0 bridgehead atoms. The van der Waals surface area contributed by atoms with E-state index in [0.29, 0.717) is 13.1 Å². The number of amides is 1. The molecule has 2 aliphatic rings. The van der Waals surface area contributed by atoms with Crippen molar-refractivity contribution < 1.29 is 14.3 Å². The van der Waals surface area contributed by atoms with Crippen LogP contribution < -0.4 is 5.32 Å². The minimum Gasteiger partial charge on any atom is -0.381 e. The molecule has 2 heterocycles. The molecule has 3 rings (SSSR count). The van der Waals surface area contributed by atoms with E-state index in [-0.39, 0.29) is 11.3 Å². The van der Waals surface area contributed by atoms with Gasteiger partial charge < -0.3 is 14.8 Å². The van der Waals surface area contributed by atoms with E-state index in [0.717, 1.165) is 52.4 Å². The predicted molar refractivity (Wildman–Crippen MR) is 88.4 cm³/mol. The standard InChI is InChI=1S/C18H26N2O3/c21-17(14-20-8-12-23-13-9-20)19-15-18(6-10-22-11-7-18)16-4-2-1-3-5-16/h1-5H,6-15H2,(H,19,21). The highest BCUT2D eigenvalue weighted by Gasteiger charge is 2.34. The Morgan fingerprint density at radius 1 is 1.04 bits per heavy atom. The number of rotatable bonds is 5. The molecule has 1 aromatic carbocycles. The summed E-state index contributed by atoms with van der Waals surface area (Å²) >= 11 is 0. The fourth-order valence-electron chi connectivity index (χ4n) is 3.41. The highest BCUT2D eigenvalue weighted by molar-refractivity contribution is 5.78. The van der Waals surface area contributed by atoms with E-state index in [1.165, 1.54) is 5.56 Å². The van der Waals surface area contributed by atoms with Gasteiger partial charge in [0.05, 0.1) is 19.8 Å². The quantitative estimate of drug-likeness (QED) is 0.886. The maximum absolute atomic E-state index is 12.3. The van der Waals surface area contributed by atoms with Gasteiger partial charge in [-0.1, -0.05) is 30.3 Å². The van der Waals surface area contributed by atoms with Crippen LogP contribution in [0.2, 0.25) is 0 Å². The Balaban J connectivity index is 1.59. The molecule has 0 unspecified atom stereocenters. The van der Waals surface area contributed by atoms with Crippen molar-refractivity contribution in [2.75, 3.05) is 52.6 Å². The Kier molecular flexibility index (Phi) is 5.65. The highest BCUT2D eigenvalue weighted by atomic mass is 16.5. The molecular weight excluding hydrogens is 292 g/mol. The van der Waals surface area contributed by atoms with Crippen LogP contribution in [0.3, 0.4) is 0 Å². The molecule has 2 aliphatic heterocycles. The van der Waals surface area contributed by atoms with Gasteiger partial charge in [0.15, 0.2) is 0 Å². The van der Waals surface area contributed by atoms with Gasteiger partial charge in [-0.15, -0.1) is 0 Å². The second-order valence-electron chi connectivity index (χ2n) is 6.42. The van der Waals surface area contributed by atoms with Crippen molar-refractivity contribution in [3.8, 4) is 0 Å². The maximum Gasteiger partial charge on any atom is 0.234 e. The first-order valence-corrected chi connectivity index (χ1v) is 8.49. The Morgan fingerprint density at radius 2 is 1.70 bits per heavy atom. The molecular formula is C18H26N2O3. The van der Waals surface area contributed by atoms with E-state index < -0.39 is 0 Å². The van der Waals surface area contributed by atoms with Crippen LogP contribution in [0, 0.1) is 0 Å². The number of carbonyl (C=O) groups excluding carboxylic acids is 1. The van der Waals surface area contributed by atoms with Crippen molar-refractivity contribution in [2.24, 2.45) is 0 Å². The zero-order valence-electron chi connectivity index (χ0n) is 13.6. The number of morpholine rings is 1. The predicted octanol–water partition coefficient (Wildman–Crippen LogP) is 1.18. The van der Waals surface area contributed by atoms with Crippen LogP contribution in [0.5, 0.6) is 0 Å². The van der Waals surface area contributed by atoms with Gasteiger partial charge in [-0.3, -0.25) is 9.69 Å². The third-order valence-electron chi connectivity index (χ3n) is 4.93. The molecule has 0 aromatic heterocycles. The van der Waals surface area contributed by atoms with Gasteiger partial charge in [0.2, 0.25) is 5.91 Å². The molecule has 2 fully saturated rings. The first-order chi connectivity index (χ1) is 11.3. The van der Waals surface area contributed by atoms with E-state index in [1.54, 1.807) is 0 Å². The molecule has 5 nitrogen and oxygen atoms in total. The minimum atomic E-state index is 0.000178. The fraction of sp³-hybridized carbons (Fsp3) is 0.611. The van der Waals surface area contributed by atoms with Gasteiger partial charge in [-0.2, -0.15) is 0 Å². The molecule has 1 aromatic rings. The van der Waals surface area contributed by atoms with Crippen LogP contribution in [-0.2, 0) is 19.7 Å². The van der Waals surface area contributed by atoms with Crippen molar-refractivity contribution in [3.63, 3.8) is 0 Å². The number of nitrogens with one attached hydrogen (secondary N) is 1. The summed E-state index contributed by atoms with van der Waals surface area (Å²) in [5.41, 5.74) is 1.30. The Hall–Kier alpha value is -1.43. The summed E-state index contributed by atoms with van der Waals surface area (Å²) < 4.78 is 10.9. The molecule has 0 radical (unpaired) electrons. The smallest absolute Gasteiger partial charge is 0.234 e. The van der Waals surface area contributed by atoms with Crippen molar-refractivity contribution in [1.82, 2.24) is 10.2 Å². The first-order valence-electron chi connectivity index (χ1n) is 8.49. The molecule has 126 valence electrons. The lowest BCUT2D eigenvalue weighted by atomic mass is 9.74. The molecule has 1 N–H and O–H groups in total. The zero-order valence-corrected chi connectivity index (χ0v) is 13.6. The fourth-order valence-corrected chi connectivity index (χ4v) is 3.41. The largest absolute Gasteiger partial charge is 0.381 e. The van der Waals surface area contributed by atoms with Crippen LogP contribution in [0.25, 0.3) is 0 Å². The molecule has 0 atom stereocenters. The highest BCUT2D eigenvalue weighted by Crippen LogP contribution is 2.34. The molecule has 5 heteroatoms.